The molecule has 0 aromatic heterocycles. The average Bonchev–Trinajstić information content (AvgIpc) is 2.82. The summed E-state index contributed by atoms with van der Waals surface area (Å²) in [6.45, 7) is 1.75. The highest BCUT2D eigenvalue weighted by Gasteiger charge is 2.27. The molecule has 0 bridgehead atoms. The highest BCUT2D eigenvalue weighted by Crippen LogP contribution is 2.27. The van der Waals surface area contributed by atoms with E-state index < -0.39 is 10.0 Å². The Bertz CT molecular complexity index is 1060. The van der Waals surface area contributed by atoms with Crippen LogP contribution in [0.5, 0.6) is 11.5 Å². The molecule has 1 heterocycles. The molecule has 2 aromatic carbocycles. The van der Waals surface area contributed by atoms with Crippen LogP contribution in [0.2, 0.25) is 0 Å². The number of anilines is 1. The molecule has 0 spiro atoms. The third kappa shape index (κ3) is 6.58. The number of piperazine rings is 1. The Kier molecular flexibility index (Phi) is 8.51. The first-order valence-electron chi connectivity index (χ1n) is 10.8. The minimum absolute atomic E-state index is 0.0522. The van der Waals surface area contributed by atoms with Gasteiger partial charge in [-0.15, -0.1) is 0 Å². The molecule has 0 unspecified atom stereocenters. The number of amides is 1. The van der Waals surface area contributed by atoms with Crippen LogP contribution in [0.25, 0.3) is 0 Å². The number of para-hydroxylation sites is 1. The number of methoxy groups -OCH3 is 2. The summed E-state index contributed by atoms with van der Waals surface area (Å²) in [5.41, 5.74) is 1.26. The van der Waals surface area contributed by atoms with Crippen LogP contribution in [0.3, 0.4) is 0 Å². The zero-order valence-corrected chi connectivity index (χ0v) is 19.7. The number of nitrogens with zero attached hydrogens (tertiary/aromatic N) is 2. The fourth-order valence-electron chi connectivity index (χ4n) is 3.77. The maximum absolute atomic E-state index is 14.0. The van der Waals surface area contributed by atoms with Crippen molar-refractivity contribution in [3.8, 4) is 11.5 Å². The van der Waals surface area contributed by atoms with Crippen LogP contribution in [0.4, 0.5) is 10.1 Å². The molecule has 1 amide bonds. The lowest BCUT2D eigenvalue weighted by atomic mass is 10.1. The lowest BCUT2D eigenvalue weighted by Gasteiger charge is -2.35. The molecule has 0 radical (unpaired) electrons. The first-order chi connectivity index (χ1) is 15.8. The smallest absolute Gasteiger partial charge is 0.224 e. The predicted molar refractivity (Wildman–Crippen MR) is 125 cm³/mol. The van der Waals surface area contributed by atoms with Crippen molar-refractivity contribution < 1.29 is 27.1 Å². The first-order valence-corrected chi connectivity index (χ1v) is 12.4. The van der Waals surface area contributed by atoms with Gasteiger partial charge in [-0.25, -0.2) is 12.8 Å². The van der Waals surface area contributed by atoms with E-state index >= 15 is 0 Å². The quantitative estimate of drug-likeness (QED) is 0.525. The van der Waals surface area contributed by atoms with Crippen LogP contribution >= 0.6 is 0 Å². The summed E-state index contributed by atoms with van der Waals surface area (Å²) in [5.74, 6) is 0.574. The van der Waals surface area contributed by atoms with Gasteiger partial charge in [0.05, 0.1) is 32.1 Å². The van der Waals surface area contributed by atoms with Crippen molar-refractivity contribution in [2.24, 2.45) is 0 Å². The lowest BCUT2D eigenvalue weighted by molar-refractivity contribution is -0.120. The van der Waals surface area contributed by atoms with Crippen LogP contribution in [-0.4, -0.2) is 71.3 Å². The van der Waals surface area contributed by atoms with E-state index in [0.29, 0.717) is 49.8 Å². The Hall–Kier alpha value is -2.85. The van der Waals surface area contributed by atoms with Crippen molar-refractivity contribution in [2.75, 3.05) is 57.6 Å². The molecule has 10 heteroatoms. The van der Waals surface area contributed by atoms with Gasteiger partial charge in [0.2, 0.25) is 15.9 Å². The van der Waals surface area contributed by atoms with Crippen molar-refractivity contribution in [1.82, 2.24) is 9.62 Å². The second-order valence-corrected chi connectivity index (χ2v) is 9.81. The van der Waals surface area contributed by atoms with E-state index in [9.17, 15) is 17.6 Å². The van der Waals surface area contributed by atoms with Gasteiger partial charge in [-0.3, -0.25) is 4.79 Å². The molecule has 0 atom stereocenters. The number of halogens is 1. The van der Waals surface area contributed by atoms with E-state index in [0.717, 1.165) is 5.56 Å². The monoisotopic (exact) mass is 479 g/mol. The number of sulfonamides is 1. The SMILES string of the molecule is COc1ccc(CC(=O)NCCCS(=O)(=O)N2CCN(c3ccccc3F)CC2)cc1OC. The fraction of sp³-hybridized carbons (Fsp3) is 0.435. The maximum Gasteiger partial charge on any atom is 0.224 e. The molecule has 1 aliphatic rings. The van der Waals surface area contributed by atoms with Crippen molar-refractivity contribution >= 4 is 21.6 Å². The molecule has 2 aromatic rings. The van der Waals surface area contributed by atoms with E-state index in [2.05, 4.69) is 5.32 Å². The van der Waals surface area contributed by atoms with Gasteiger partial charge in [-0.1, -0.05) is 18.2 Å². The molecule has 8 nitrogen and oxygen atoms in total. The molecule has 3 rings (SSSR count). The van der Waals surface area contributed by atoms with Crippen molar-refractivity contribution in [2.45, 2.75) is 12.8 Å². The summed E-state index contributed by atoms with van der Waals surface area (Å²) < 4.78 is 51.1. The molecule has 33 heavy (non-hydrogen) atoms. The van der Waals surface area contributed by atoms with Gasteiger partial charge in [-0.2, -0.15) is 4.31 Å². The number of hydrogen-bond donors (Lipinski definition) is 1. The van der Waals surface area contributed by atoms with E-state index in [1.807, 2.05) is 4.90 Å². The normalized spacial score (nSPS) is 14.7. The largest absolute Gasteiger partial charge is 0.493 e. The van der Waals surface area contributed by atoms with Crippen LogP contribution in [0, 0.1) is 5.82 Å². The van der Waals surface area contributed by atoms with Crippen molar-refractivity contribution in [3.05, 3.63) is 53.8 Å². The molecule has 180 valence electrons. The third-order valence-corrected chi connectivity index (χ3v) is 7.50. The fourth-order valence-corrected chi connectivity index (χ4v) is 5.25. The number of benzene rings is 2. The molecular formula is C23H30FN3O5S. The highest BCUT2D eigenvalue weighted by atomic mass is 32.2. The standard InChI is InChI=1S/C23H30FN3O5S/c1-31-21-9-8-18(16-22(21)32-2)17-23(28)25-10-5-15-33(29,30)27-13-11-26(12-14-27)20-7-4-3-6-19(20)24/h3-4,6-9,16H,5,10-15,17H2,1-2H3,(H,25,28). The van der Waals surface area contributed by atoms with Gasteiger partial charge < -0.3 is 19.7 Å². The summed E-state index contributed by atoms with van der Waals surface area (Å²) in [5, 5.41) is 2.76. The topological polar surface area (TPSA) is 88.2 Å². The minimum Gasteiger partial charge on any atom is -0.493 e. The van der Waals surface area contributed by atoms with Gasteiger partial charge in [0.1, 0.15) is 5.82 Å². The number of rotatable bonds is 10. The number of hydrogen-bond acceptors (Lipinski definition) is 6. The Labute approximate surface area is 194 Å². The average molecular weight is 480 g/mol. The molecule has 0 aliphatic carbocycles. The van der Waals surface area contributed by atoms with Crippen LogP contribution in [0.15, 0.2) is 42.5 Å². The van der Waals surface area contributed by atoms with E-state index in [-0.39, 0.29) is 30.4 Å². The molecular weight excluding hydrogens is 449 g/mol. The zero-order chi connectivity index (χ0) is 23.8. The molecule has 1 saturated heterocycles. The minimum atomic E-state index is -3.44. The number of nitrogens with one attached hydrogen (secondary N) is 1. The van der Waals surface area contributed by atoms with Gasteiger partial charge in [0.25, 0.3) is 0 Å². The summed E-state index contributed by atoms with van der Waals surface area (Å²) >= 11 is 0. The summed E-state index contributed by atoms with van der Waals surface area (Å²) in [6, 6.07) is 11.8. The maximum atomic E-state index is 14.0. The van der Waals surface area contributed by atoms with Gasteiger partial charge in [0.15, 0.2) is 11.5 Å². The van der Waals surface area contributed by atoms with Crippen molar-refractivity contribution in [1.29, 1.82) is 0 Å². The van der Waals surface area contributed by atoms with E-state index in [4.69, 9.17) is 9.47 Å². The first kappa shape index (κ1) is 24.8. The predicted octanol–water partition coefficient (Wildman–Crippen LogP) is 2.04. The lowest BCUT2D eigenvalue weighted by Crippen LogP contribution is -2.49. The third-order valence-electron chi connectivity index (χ3n) is 5.54. The van der Waals surface area contributed by atoms with Crippen molar-refractivity contribution in [3.63, 3.8) is 0 Å². The van der Waals surface area contributed by atoms with Crippen LogP contribution < -0.4 is 19.7 Å². The van der Waals surface area contributed by atoms with Gasteiger partial charge >= 0.3 is 0 Å². The zero-order valence-electron chi connectivity index (χ0n) is 18.9. The highest BCUT2D eigenvalue weighted by molar-refractivity contribution is 7.89. The van der Waals surface area contributed by atoms with Crippen LogP contribution in [-0.2, 0) is 21.2 Å². The molecule has 1 aliphatic heterocycles. The second kappa shape index (κ2) is 11.3. The number of carbonyl (C=O) groups is 1. The van der Waals surface area contributed by atoms with Gasteiger partial charge in [0, 0.05) is 32.7 Å². The molecule has 1 fully saturated rings. The number of ether oxygens (including phenoxy) is 2. The van der Waals surface area contributed by atoms with E-state index in [1.165, 1.54) is 17.5 Å². The van der Waals surface area contributed by atoms with Gasteiger partial charge in [-0.05, 0) is 36.2 Å². The number of carbonyl (C=O) groups excluding carboxylic acids is 1. The summed E-state index contributed by atoms with van der Waals surface area (Å²) in [7, 11) is -0.369. The Morgan fingerprint density at radius 2 is 1.73 bits per heavy atom. The Morgan fingerprint density at radius 3 is 2.39 bits per heavy atom. The molecule has 0 saturated carbocycles. The summed E-state index contributed by atoms with van der Waals surface area (Å²) in [4.78, 5) is 14.1. The van der Waals surface area contributed by atoms with Crippen LogP contribution in [0.1, 0.15) is 12.0 Å². The van der Waals surface area contributed by atoms with E-state index in [1.54, 1.807) is 43.5 Å². The summed E-state index contributed by atoms with van der Waals surface area (Å²) in [6.07, 6.45) is 0.471. The Balaban J connectivity index is 1.41. The second-order valence-electron chi connectivity index (χ2n) is 7.72. The molecule has 1 N–H and O–H groups in total. The Morgan fingerprint density at radius 1 is 1.03 bits per heavy atom.